The van der Waals surface area contributed by atoms with Gasteiger partial charge in [0.15, 0.2) is 6.10 Å². The third-order valence-electron chi connectivity index (χ3n) is 13.4. The highest BCUT2D eigenvalue weighted by Gasteiger charge is 2.28. The highest BCUT2D eigenvalue weighted by Crippen LogP contribution is 2.43. The van der Waals surface area contributed by atoms with Crippen molar-refractivity contribution in [3.05, 3.63) is 60.8 Å². The first-order valence-electron chi connectivity index (χ1n) is 31.2. The van der Waals surface area contributed by atoms with E-state index in [1.54, 1.807) is 0 Å². The van der Waals surface area contributed by atoms with E-state index in [0.29, 0.717) is 19.3 Å². The van der Waals surface area contributed by atoms with Crippen LogP contribution in [0.25, 0.3) is 0 Å². The molecule has 0 radical (unpaired) electrons. The van der Waals surface area contributed by atoms with Crippen LogP contribution in [0.15, 0.2) is 60.8 Å². The van der Waals surface area contributed by atoms with Crippen molar-refractivity contribution < 1.29 is 52.2 Å². The molecule has 0 amide bonds. The highest BCUT2D eigenvalue weighted by atomic mass is 31.2. The van der Waals surface area contributed by atoms with E-state index < -0.39 is 57.8 Å². The zero-order valence-corrected chi connectivity index (χ0v) is 49.9. The molecule has 0 aromatic carbocycles. The van der Waals surface area contributed by atoms with E-state index in [0.717, 1.165) is 109 Å². The molecule has 3 atom stereocenters. The topological polar surface area (TPSA) is 155 Å². The van der Waals surface area contributed by atoms with Crippen molar-refractivity contribution in [2.75, 3.05) is 26.4 Å². The lowest BCUT2D eigenvalue weighted by Gasteiger charge is -2.21. The van der Waals surface area contributed by atoms with Crippen molar-refractivity contribution in [1.29, 1.82) is 0 Å². The maximum absolute atomic E-state index is 12.9. The summed E-state index contributed by atoms with van der Waals surface area (Å²) >= 11 is 0. The van der Waals surface area contributed by atoms with Gasteiger partial charge in [0.2, 0.25) is 0 Å². The number of carbonyl (C=O) groups is 3. The van der Waals surface area contributed by atoms with Crippen LogP contribution in [0.5, 0.6) is 0 Å². The average Bonchev–Trinajstić information content (AvgIpc) is 3.41. The van der Waals surface area contributed by atoms with Gasteiger partial charge in [0, 0.05) is 19.3 Å². The second-order valence-corrected chi connectivity index (χ2v) is 22.3. The zero-order chi connectivity index (χ0) is 55.5. The molecule has 442 valence electrons. The molecule has 0 aliphatic heterocycles. The lowest BCUT2D eigenvalue weighted by molar-refractivity contribution is -0.161. The van der Waals surface area contributed by atoms with E-state index in [4.69, 9.17) is 23.3 Å². The van der Waals surface area contributed by atoms with Gasteiger partial charge < -0.3 is 24.2 Å². The summed E-state index contributed by atoms with van der Waals surface area (Å²) in [5, 5.41) is 9.84. The molecule has 0 aromatic heterocycles. The van der Waals surface area contributed by atoms with Crippen molar-refractivity contribution >= 4 is 25.7 Å². The molecule has 2 N–H and O–H groups in total. The number of unbranched alkanes of at least 4 members (excludes halogenated alkanes) is 31. The molecule has 0 aliphatic carbocycles. The Morgan fingerprint density at radius 2 is 0.684 bits per heavy atom. The minimum absolute atomic E-state index is 0.164. The van der Waals surface area contributed by atoms with Gasteiger partial charge in [0.25, 0.3) is 0 Å². The Morgan fingerprint density at radius 3 is 1.08 bits per heavy atom. The fourth-order valence-electron chi connectivity index (χ4n) is 8.66. The summed E-state index contributed by atoms with van der Waals surface area (Å²) < 4.78 is 39.6. The molecule has 0 aromatic rings. The van der Waals surface area contributed by atoms with Gasteiger partial charge in [-0.3, -0.25) is 23.4 Å². The number of ether oxygens (including phenoxy) is 3. The normalized spacial score (nSPS) is 13.7. The second-order valence-electron chi connectivity index (χ2n) is 20.8. The molecule has 0 heterocycles. The van der Waals surface area contributed by atoms with Crippen LogP contribution in [0.1, 0.15) is 290 Å². The first-order chi connectivity index (χ1) is 37.2. The van der Waals surface area contributed by atoms with Gasteiger partial charge in [-0.15, -0.1) is 0 Å². The average molecular weight is 1090 g/mol. The van der Waals surface area contributed by atoms with Crippen LogP contribution in [0.4, 0.5) is 0 Å². The molecule has 0 saturated heterocycles. The number of aliphatic hydroxyl groups is 1. The lowest BCUT2D eigenvalue weighted by atomic mass is 10.1. The van der Waals surface area contributed by atoms with E-state index in [9.17, 15) is 28.9 Å². The largest absolute Gasteiger partial charge is 0.472 e. The number of esters is 3. The van der Waals surface area contributed by atoms with E-state index in [-0.39, 0.29) is 25.9 Å². The van der Waals surface area contributed by atoms with Gasteiger partial charge in [-0.2, -0.15) is 0 Å². The fraction of sp³-hybridized carbons (Fsp3) is 0.797. The minimum Gasteiger partial charge on any atom is -0.462 e. The van der Waals surface area contributed by atoms with Gasteiger partial charge in [-0.1, -0.05) is 229 Å². The van der Waals surface area contributed by atoms with Gasteiger partial charge in [-0.05, 0) is 103 Å². The standard InChI is InChI=1S/C64H115O11P/c1-4-7-10-13-16-19-22-25-27-29-30-32-34-37-40-43-46-49-52-55-64(68)75-61(57-71-62(66)53-50-47-44-41-38-35-24-21-18-15-12-9-6-3)59-73-76(69,70)72-58-60(56-65)74-63(67)54-51-48-45-42-39-36-33-31-28-26-23-20-17-14-11-8-5-2/h8,11,17,20-21,24-28,60-61,65H,4-7,9-10,12-16,18-19,22-23,29-59H2,1-3H3,(H,69,70)/b11-8-,20-17-,24-21-,27-25-,28-26-. The Balaban J connectivity index is 4.67. The Bertz CT molecular complexity index is 1510. The van der Waals surface area contributed by atoms with Crippen LogP contribution < -0.4 is 0 Å². The third kappa shape index (κ3) is 55.9. The van der Waals surface area contributed by atoms with Crippen LogP contribution in [-0.2, 0) is 42.2 Å². The predicted octanol–water partition coefficient (Wildman–Crippen LogP) is 18.7. The van der Waals surface area contributed by atoms with E-state index >= 15 is 0 Å². The van der Waals surface area contributed by atoms with Gasteiger partial charge in [0.05, 0.1) is 19.8 Å². The number of allylic oxidation sites excluding steroid dienone is 10. The number of rotatable bonds is 58. The summed E-state index contributed by atoms with van der Waals surface area (Å²) in [4.78, 5) is 48.7. The van der Waals surface area contributed by atoms with E-state index in [2.05, 4.69) is 81.5 Å². The molecule has 12 heteroatoms. The summed E-state index contributed by atoms with van der Waals surface area (Å²) in [7, 11) is -4.75. The zero-order valence-electron chi connectivity index (χ0n) is 49.0. The molecule has 11 nitrogen and oxygen atoms in total. The number of phosphoric acid groups is 1. The highest BCUT2D eigenvalue weighted by molar-refractivity contribution is 7.47. The SMILES string of the molecule is CC/C=C\C/C=C\C/C=C\CCCCCCCCCC(=O)OC(CO)COP(=O)(O)OCC(COC(=O)CCCCCCC/C=C\CCCCCC)OC(=O)CCCCCCCCCCC/C=C\CCCCCCCC. The van der Waals surface area contributed by atoms with Crippen molar-refractivity contribution in [2.24, 2.45) is 0 Å². The van der Waals surface area contributed by atoms with Gasteiger partial charge in [0.1, 0.15) is 12.7 Å². The van der Waals surface area contributed by atoms with Crippen LogP contribution in [0.3, 0.4) is 0 Å². The van der Waals surface area contributed by atoms with E-state index in [1.807, 2.05) is 0 Å². The fourth-order valence-corrected chi connectivity index (χ4v) is 9.44. The Labute approximate surface area is 465 Å². The lowest BCUT2D eigenvalue weighted by Crippen LogP contribution is -2.30. The molecule has 0 fully saturated rings. The van der Waals surface area contributed by atoms with Gasteiger partial charge >= 0.3 is 25.7 Å². The smallest absolute Gasteiger partial charge is 0.462 e. The summed E-state index contributed by atoms with van der Waals surface area (Å²) in [6.07, 6.45) is 64.6. The number of phosphoric ester groups is 1. The maximum Gasteiger partial charge on any atom is 0.472 e. The molecule has 0 rings (SSSR count). The number of hydrogen-bond acceptors (Lipinski definition) is 10. The first kappa shape index (κ1) is 73.2. The molecule has 0 bridgehead atoms. The molecular weight excluding hydrogens is 976 g/mol. The Morgan fingerprint density at radius 1 is 0.382 bits per heavy atom. The first-order valence-corrected chi connectivity index (χ1v) is 32.7. The second kappa shape index (κ2) is 58.3. The molecule has 0 spiro atoms. The summed E-state index contributed by atoms with van der Waals surface area (Å²) in [5.41, 5.74) is 0. The maximum atomic E-state index is 12.9. The Hall–Kier alpha value is -2.82. The molecule has 0 saturated carbocycles. The monoisotopic (exact) mass is 1090 g/mol. The molecule has 0 aliphatic rings. The quantitative estimate of drug-likeness (QED) is 0.0197. The molecular formula is C64H115O11P. The molecule has 3 unspecified atom stereocenters. The predicted molar refractivity (Wildman–Crippen MR) is 316 cm³/mol. The van der Waals surface area contributed by atoms with Crippen molar-refractivity contribution in [3.8, 4) is 0 Å². The van der Waals surface area contributed by atoms with Crippen LogP contribution in [-0.4, -0.2) is 66.5 Å². The Kier molecular flexibility index (Phi) is 56.2. The van der Waals surface area contributed by atoms with Crippen LogP contribution >= 0.6 is 7.82 Å². The van der Waals surface area contributed by atoms with Crippen LogP contribution in [0, 0.1) is 0 Å². The van der Waals surface area contributed by atoms with Crippen molar-refractivity contribution in [1.82, 2.24) is 0 Å². The van der Waals surface area contributed by atoms with Gasteiger partial charge in [-0.25, -0.2) is 4.57 Å². The summed E-state index contributed by atoms with van der Waals surface area (Å²) in [5.74, 6) is -1.47. The number of aliphatic hydroxyl groups excluding tert-OH is 1. The third-order valence-corrected chi connectivity index (χ3v) is 14.3. The van der Waals surface area contributed by atoms with Crippen LogP contribution in [0.2, 0.25) is 0 Å². The van der Waals surface area contributed by atoms with Crippen molar-refractivity contribution in [3.63, 3.8) is 0 Å². The van der Waals surface area contributed by atoms with Crippen molar-refractivity contribution in [2.45, 2.75) is 303 Å². The number of carbonyl (C=O) groups excluding carboxylic acids is 3. The molecule has 76 heavy (non-hydrogen) atoms. The number of hydrogen-bond donors (Lipinski definition) is 2. The minimum atomic E-state index is -4.75. The summed E-state index contributed by atoms with van der Waals surface area (Å²) in [6, 6.07) is 0. The summed E-state index contributed by atoms with van der Waals surface area (Å²) in [6.45, 7) is 4.53. The van der Waals surface area contributed by atoms with E-state index in [1.165, 1.54) is 122 Å².